The quantitative estimate of drug-likeness (QED) is 0.566. The molecule has 1 saturated heterocycles. The highest BCUT2D eigenvalue weighted by Crippen LogP contribution is 2.31. The minimum Gasteiger partial charge on any atom is -0.333 e. The summed E-state index contributed by atoms with van der Waals surface area (Å²) in [7, 11) is 0. The first-order valence-electron chi connectivity index (χ1n) is 9.56. The molecule has 1 heterocycles. The lowest BCUT2D eigenvalue weighted by Crippen LogP contribution is -2.56. The number of halogens is 1. The van der Waals surface area contributed by atoms with E-state index in [4.69, 9.17) is 11.6 Å². The molecule has 0 N–H and O–H groups in total. The number of carbonyl (C=O) groups excluding carboxylic acids is 1. The monoisotopic (exact) mass is 399 g/mol. The van der Waals surface area contributed by atoms with E-state index in [0.717, 1.165) is 19.5 Å². The molecule has 7 heteroatoms. The molecule has 0 bridgehead atoms. The van der Waals surface area contributed by atoms with Crippen molar-refractivity contribution < 1.29 is 9.72 Å². The lowest BCUT2D eigenvalue weighted by atomic mass is 10.0. The Morgan fingerprint density at radius 2 is 1.89 bits per heavy atom. The van der Waals surface area contributed by atoms with E-state index < -0.39 is 4.92 Å². The number of non-ortho nitro benzene ring substituents is 1. The van der Waals surface area contributed by atoms with E-state index in [2.05, 4.69) is 17.0 Å². The highest BCUT2D eigenvalue weighted by Gasteiger charge is 2.38. The lowest BCUT2D eigenvalue weighted by Gasteiger charge is -2.42. The van der Waals surface area contributed by atoms with Crippen LogP contribution < -0.4 is 0 Å². The zero-order valence-corrected chi connectivity index (χ0v) is 16.2. The molecule has 1 saturated carbocycles. The standard InChI is InChI=1S/C21H22ClN3O3/c22-20-9-8-17(25(27)28)13-19(20)21(26)24-11-10-23(16-6-7-16)14-18(24)12-15-4-2-1-3-5-15/h1-5,8-9,13,16,18H,6-7,10-12,14H2. The molecule has 6 nitrogen and oxygen atoms in total. The second-order valence-electron chi connectivity index (χ2n) is 7.49. The molecular weight excluding hydrogens is 378 g/mol. The summed E-state index contributed by atoms with van der Waals surface area (Å²) >= 11 is 6.23. The van der Waals surface area contributed by atoms with E-state index in [1.54, 1.807) is 0 Å². The van der Waals surface area contributed by atoms with Gasteiger partial charge in [-0.1, -0.05) is 41.9 Å². The summed E-state index contributed by atoms with van der Waals surface area (Å²) in [4.78, 5) is 28.2. The Balaban J connectivity index is 1.60. The molecule has 2 aromatic carbocycles. The highest BCUT2D eigenvalue weighted by atomic mass is 35.5. The van der Waals surface area contributed by atoms with E-state index in [1.807, 2.05) is 23.1 Å². The third kappa shape index (κ3) is 4.03. The number of nitrogens with zero attached hydrogens (tertiary/aromatic N) is 3. The van der Waals surface area contributed by atoms with E-state index >= 15 is 0 Å². The number of amides is 1. The molecule has 1 unspecified atom stereocenters. The second kappa shape index (κ2) is 7.89. The van der Waals surface area contributed by atoms with Gasteiger partial charge in [0.2, 0.25) is 0 Å². The van der Waals surface area contributed by atoms with E-state index in [-0.39, 0.29) is 28.2 Å². The Labute approximate surface area is 168 Å². The van der Waals surface area contributed by atoms with Gasteiger partial charge in [0.15, 0.2) is 0 Å². The molecule has 2 fully saturated rings. The lowest BCUT2D eigenvalue weighted by molar-refractivity contribution is -0.384. The molecule has 1 aliphatic heterocycles. The fourth-order valence-electron chi connectivity index (χ4n) is 3.92. The first kappa shape index (κ1) is 18.9. The van der Waals surface area contributed by atoms with E-state index in [9.17, 15) is 14.9 Å². The molecule has 4 rings (SSSR count). The summed E-state index contributed by atoms with van der Waals surface area (Å²) in [5.41, 5.74) is 1.26. The fraction of sp³-hybridized carbons (Fsp3) is 0.381. The Morgan fingerprint density at radius 1 is 1.14 bits per heavy atom. The number of piperazine rings is 1. The van der Waals surface area contributed by atoms with Crippen molar-refractivity contribution in [1.82, 2.24) is 9.80 Å². The fourth-order valence-corrected chi connectivity index (χ4v) is 4.12. The van der Waals surface area contributed by atoms with E-state index in [0.29, 0.717) is 12.6 Å². The van der Waals surface area contributed by atoms with Crippen molar-refractivity contribution in [1.29, 1.82) is 0 Å². The van der Waals surface area contributed by atoms with Crippen LogP contribution in [0, 0.1) is 10.1 Å². The van der Waals surface area contributed by atoms with Gasteiger partial charge in [0.1, 0.15) is 0 Å². The third-order valence-electron chi connectivity index (χ3n) is 5.54. The minimum absolute atomic E-state index is 0.0135. The highest BCUT2D eigenvalue weighted by molar-refractivity contribution is 6.34. The molecular formula is C21H22ClN3O3. The average Bonchev–Trinajstić information content (AvgIpc) is 3.54. The van der Waals surface area contributed by atoms with Crippen molar-refractivity contribution in [2.45, 2.75) is 31.3 Å². The summed E-state index contributed by atoms with van der Waals surface area (Å²) in [6.07, 6.45) is 3.20. The summed E-state index contributed by atoms with van der Waals surface area (Å²) in [5.74, 6) is -0.231. The van der Waals surface area contributed by atoms with Gasteiger partial charge in [-0.2, -0.15) is 0 Å². The van der Waals surface area contributed by atoms with Gasteiger partial charge in [-0.15, -0.1) is 0 Å². The number of benzene rings is 2. The molecule has 146 valence electrons. The zero-order chi connectivity index (χ0) is 19.7. The predicted molar refractivity (Wildman–Crippen MR) is 108 cm³/mol. The van der Waals surface area contributed by atoms with Crippen molar-refractivity contribution in [2.75, 3.05) is 19.6 Å². The summed E-state index contributed by atoms with van der Waals surface area (Å²) in [6, 6.07) is 14.8. The molecule has 28 heavy (non-hydrogen) atoms. The number of nitro groups is 1. The molecule has 1 atom stereocenters. The van der Waals surface area contributed by atoms with Crippen LogP contribution in [-0.4, -0.2) is 52.3 Å². The van der Waals surface area contributed by atoms with Crippen LogP contribution in [-0.2, 0) is 6.42 Å². The van der Waals surface area contributed by atoms with Crippen molar-refractivity contribution in [2.24, 2.45) is 0 Å². The maximum Gasteiger partial charge on any atom is 0.270 e. The largest absolute Gasteiger partial charge is 0.333 e. The van der Waals surface area contributed by atoms with E-state index in [1.165, 1.54) is 36.6 Å². The minimum atomic E-state index is -0.500. The van der Waals surface area contributed by atoms with Gasteiger partial charge < -0.3 is 4.90 Å². The first-order chi connectivity index (χ1) is 13.5. The normalized spacial score (nSPS) is 20.2. The summed E-state index contributed by atoms with van der Waals surface area (Å²) in [5, 5.41) is 11.4. The van der Waals surface area contributed by atoms with Crippen molar-refractivity contribution in [3.8, 4) is 0 Å². The Bertz CT molecular complexity index is 886. The second-order valence-corrected chi connectivity index (χ2v) is 7.90. The smallest absolute Gasteiger partial charge is 0.270 e. The van der Waals surface area contributed by atoms with Crippen LogP contribution in [0.15, 0.2) is 48.5 Å². The van der Waals surface area contributed by atoms with Gasteiger partial charge in [0.25, 0.3) is 11.6 Å². The van der Waals surface area contributed by atoms with Gasteiger partial charge in [0, 0.05) is 43.9 Å². The van der Waals surface area contributed by atoms with Crippen LogP contribution in [0.2, 0.25) is 5.02 Å². The molecule has 1 aliphatic carbocycles. The molecule has 2 aromatic rings. The van der Waals surface area contributed by atoms with Crippen LogP contribution in [0.1, 0.15) is 28.8 Å². The molecule has 0 radical (unpaired) electrons. The number of hydrogen-bond acceptors (Lipinski definition) is 4. The number of carbonyl (C=O) groups is 1. The Morgan fingerprint density at radius 3 is 2.57 bits per heavy atom. The van der Waals surface area contributed by atoms with Crippen molar-refractivity contribution in [3.05, 3.63) is 74.8 Å². The number of rotatable bonds is 5. The Kier molecular flexibility index (Phi) is 5.33. The predicted octanol–water partition coefficient (Wildman–Crippen LogP) is 3.78. The van der Waals surface area contributed by atoms with Crippen LogP contribution >= 0.6 is 11.6 Å². The van der Waals surface area contributed by atoms with Gasteiger partial charge >= 0.3 is 0 Å². The topological polar surface area (TPSA) is 66.7 Å². The SMILES string of the molecule is O=C(c1cc([N+](=O)[O-])ccc1Cl)N1CCN(C2CC2)CC1Cc1ccccc1. The first-order valence-corrected chi connectivity index (χ1v) is 9.93. The zero-order valence-electron chi connectivity index (χ0n) is 15.5. The van der Waals surface area contributed by atoms with Crippen LogP contribution in [0.25, 0.3) is 0 Å². The Hall–Kier alpha value is -2.44. The van der Waals surface area contributed by atoms with Crippen molar-refractivity contribution >= 4 is 23.2 Å². The van der Waals surface area contributed by atoms with Gasteiger partial charge in [-0.3, -0.25) is 19.8 Å². The average molecular weight is 400 g/mol. The summed E-state index contributed by atoms with van der Waals surface area (Å²) < 4.78 is 0. The summed E-state index contributed by atoms with van der Waals surface area (Å²) in [6.45, 7) is 2.25. The maximum atomic E-state index is 13.3. The molecule has 1 amide bonds. The van der Waals surface area contributed by atoms with Gasteiger partial charge in [0.05, 0.1) is 15.5 Å². The maximum absolute atomic E-state index is 13.3. The number of nitro benzene ring substituents is 1. The van der Waals surface area contributed by atoms with Crippen LogP contribution in [0.4, 0.5) is 5.69 Å². The molecule has 2 aliphatic rings. The number of hydrogen-bond donors (Lipinski definition) is 0. The van der Waals surface area contributed by atoms with Gasteiger partial charge in [-0.25, -0.2) is 0 Å². The van der Waals surface area contributed by atoms with Gasteiger partial charge in [-0.05, 0) is 30.9 Å². The molecule has 0 aromatic heterocycles. The molecule has 0 spiro atoms. The van der Waals surface area contributed by atoms with Crippen LogP contribution in [0.3, 0.4) is 0 Å². The van der Waals surface area contributed by atoms with Crippen molar-refractivity contribution in [3.63, 3.8) is 0 Å². The van der Waals surface area contributed by atoms with Crippen LogP contribution in [0.5, 0.6) is 0 Å². The third-order valence-corrected chi connectivity index (χ3v) is 5.87.